The standard InChI is InChI=1S/C36H38FNO7.Na.H/c1-22(2)38-29(18-17-27(39)20-28(40)21-32(42)43)33(24-13-15-26(37)16-14-24)34(23-9-6-5-7-10-23)35(38)30(41)19-25-11-8-12-31(44-3)36(25)45-4;;/h5-18,22,27-28,39-40H,19-21H2,1-4H3,(H,42,43);;/b18-17+;;/t27-,28-;;/m1../s1. The van der Waals surface area contributed by atoms with Gasteiger partial charge in [-0.05, 0) is 49.2 Å². The van der Waals surface area contributed by atoms with Crippen LogP contribution in [0.5, 0.6) is 11.5 Å². The van der Waals surface area contributed by atoms with Gasteiger partial charge in [-0.1, -0.05) is 60.7 Å². The summed E-state index contributed by atoms with van der Waals surface area (Å²) in [7, 11) is 3.05. The topological polar surface area (TPSA) is 118 Å². The Morgan fingerprint density at radius 2 is 1.54 bits per heavy atom. The molecule has 10 heteroatoms. The summed E-state index contributed by atoms with van der Waals surface area (Å²) in [6.07, 6.45) is 0.0316. The van der Waals surface area contributed by atoms with Crippen molar-refractivity contribution in [1.29, 1.82) is 0 Å². The molecule has 3 aromatic carbocycles. The van der Waals surface area contributed by atoms with E-state index in [1.54, 1.807) is 30.3 Å². The predicted molar refractivity (Wildman–Crippen MR) is 178 cm³/mol. The van der Waals surface area contributed by atoms with Crippen molar-refractivity contribution in [2.75, 3.05) is 14.2 Å². The third-order valence-corrected chi connectivity index (χ3v) is 7.45. The van der Waals surface area contributed by atoms with Gasteiger partial charge in [-0.25, -0.2) is 4.39 Å². The van der Waals surface area contributed by atoms with Crippen LogP contribution in [0.25, 0.3) is 28.3 Å². The number of carbonyl (C=O) groups excluding carboxylic acids is 1. The number of carboxylic acids is 1. The Hall–Kier alpha value is -3.73. The minimum absolute atomic E-state index is 0. The number of ether oxygens (including phenoxy) is 2. The van der Waals surface area contributed by atoms with E-state index in [-0.39, 0.29) is 54.2 Å². The van der Waals surface area contributed by atoms with Crippen LogP contribution in [0.15, 0.2) is 78.9 Å². The number of hydrogen-bond donors (Lipinski definition) is 3. The molecule has 0 saturated carbocycles. The number of Topliss-reactive ketones (excluding diaryl/α,β-unsaturated/α-hetero) is 1. The van der Waals surface area contributed by atoms with Crippen LogP contribution in [0, 0.1) is 5.82 Å². The fourth-order valence-corrected chi connectivity index (χ4v) is 5.57. The molecule has 0 amide bonds. The summed E-state index contributed by atoms with van der Waals surface area (Å²) in [5.41, 5.74) is 4.37. The van der Waals surface area contributed by atoms with E-state index in [0.717, 1.165) is 5.56 Å². The number of aromatic nitrogens is 1. The van der Waals surface area contributed by atoms with Crippen molar-refractivity contribution in [3.05, 3.63) is 102 Å². The Kier molecular flexibility index (Phi) is 13.4. The number of methoxy groups -OCH3 is 2. The van der Waals surface area contributed by atoms with E-state index in [1.807, 2.05) is 54.8 Å². The second-order valence-corrected chi connectivity index (χ2v) is 11.0. The van der Waals surface area contributed by atoms with Crippen LogP contribution in [0.1, 0.15) is 54.5 Å². The molecule has 0 bridgehead atoms. The number of hydrogen-bond acceptors (Lipinski definition) is 6. The number of aliphatic hydroxyl groups excluding tert-OH is 2. The molecule has 4 aromatic rings. The first-order valence-electron chi connectivity index (χ1n) is 14.6. The van der Waals surface area contributed by atoms with Crippen molar-refractivity contribution in [2.24, 2.45) is 0 Å². The average molecular weight is 640 g/mol. The summed E-state index contributed by atoms with van der Waals surface area (Å²) in [4.78, 5) is 25.5. The number of nitrogens with zero attached hydrogens (tertiary/aromatic N) is 1. The normalized spacial score (nSPS) is 12.5. The number of carbonyl (C=O) groups is 2. The van der Waals surface area contributed by atoms with Gasteiger partial charge in [-0.2, -0.15) is 0 Å². The fourth-order valence-electron chi connectivity index (χ4n) is 5.57. The number of aliphatic hydroxyl groups is 2. The Morgan fingerprint density at radius 3 is 2.13 bits per heavy atom. The van der Waals surface area contributed by atoms with Gasteiger partial charge in [0.2, 0.25) is 0 Å². The van der Waals surface area contributed by atoms with Gasteiger partial charge in [0.1, 0.15) is 5.82 Å². The van der Waals surface area contributed by atoms with Crippen LogP contribution < -0.4 is 9.47 Å². The van der Waals surface area contributed by atoms with Crippen LogP contribution in [0.2, 0.25) is 0 Å². The molecule has 0 spiro atoms. The van der Waals surface area contributed by atoms with Crippen LogP contribution in [0.3, 0.4) is 0 Å². The van der Waals surface area contributed by atoms with Crippen LogP contribution in [-0.4, -0.2) is 87.6 Å². The molecule has 3 N–H and O–H groups in total. The second kappa shape index (κ2) is 16.7. The van der Waals surface area contributed by atoms with Crippen molar-refractivity contribution < 1.29 is 38.8 Å². The summed E-state index contributed by atoms with van der Waals surface area (Å²) in [6.45, 7) is 3.88. The first-order valence-corrected chi connectivity index (χ1v) is 14.6. The maximum atomic E-state index is 14.5. The third-order valence-electron chi connectivity index (χ3n) is 7.45. The Morgan fingerprint density at radius 1 is 0.891 bits per heavy atom. The molecule has 238 valence electrons. The van der Waals surface area contributed by atoms with E-state index in [1.165, 1.54) is 32.4 Å². The first-order chi connectivity index (χ1) is 21.5. The van der Waals surface area contributed by atoms with Gasteiger partial charge < -0.3 is 29.4 Å². The monoisotopic (exact) mass is 639 g/mol. The van der Waals surface area contributed by atoms with E-state index < -0.39 is 30.4 Å². The molecule has 2 atom stereocenters. The van der Waals surface area contributed by atoms with Gasteiger partial charge in [0, 0.05) is 41.3 Å². The molecule has 8 nitrogen and oxygen atoms in total. The van der Waals surface area contributed by atoms with Gasteiger partial charge in [-0.3, -0.25) is 9.59 Å². The number of aliphatic carboxylic acids is 1. The van der Waals surface area contributed by atoms with E-state index >= 15 is 0 Å². The first kappa shape index (κ1) is 36.7. The van der Waals surface area contributed by atoms with Crippen molar-refractivity contribution in [3.8, 4) is 33.8 Å². The molecule has 0 unspecified atom stereocenters. The van der Waals surface area contributed by atoms with Gasteiger partial charge in [0.05, 0.1) is 38.5 Å². The molecule has 0 aliphatic rings. The summed E-state index contributed by atoms with van der Waals surface area (Å²) in [6, 6.07) is 20.6. The van der Waals surface area contributed by atoms with E-state index in [2.05, 4.69) is 0 Å². The quantitative estimate of drug-likeness (QED) is 0.116. The number of ketones is 1. The van der Waals surface area contributed by atoms with E-state index in [4.69, 9.17) is 14.6 Å². The second-order valence-electron chi connectivity index (χ2n) is 11.0. The maximum absolute atomic E-state index is 14.5. The Bertz CT molecular complexity index is 1670. The molecule has 0 aliphatic heterocycles. The van der Waals surface area contributed by atoms with Crippen molar-refractivity contribution in [2.45, 2.75) is 51.4 Å². The van der Waals surface area contributed by atoms with Gasteiger partial charge >= 0.3 is 35.5 Å². The molecule has 0 saturated heterocycles. The van der Waals surface area contributed by atoms with Crippen molar-refractivity contribution in [3.63, 3.8) is 0 Å². The molecular formula is C36H39FNNaO7. The van der Waals surface area contributed by atoms with Crippen LogP contribution in [0.4, 0.5) is 4.39 Å². The van der Waals surface area contributed by atoms with Crippen LogP contribution in [-0.2, 0) is 11.2 Å². The Labute approximate surface area is 290 Å². The molecule has 0 radical (unpaired) electrons. The van der Waals surface area contributed by atoms with Gasteiger partial charge in [0.15, 0.2) is 17.3 Å². The fraction of sp³-hybridized carbons (Fsp3) is 0.278. The SMILES string of the molecule is COc1cccc(CC(=O)c2c(-c3ccccc3)c(-c3ccc(F)cc3)c(/C=C/[C@@H](O)C[C@@H](O)CC(=O)O)n2C(C)C)c1OC.[NaH]. The van der Waals surface area contributed by atoms with E-state index in [9.17, 15) is 24.2 Å². The predicted octanol–water partition coefficient (Wildman–Crippen LogP) is 5.94. The summed E-state index contributed by atoms with van der Waals surface area (Å²) >= 11 is 0. The zero-order valence-corrected chi connectivity index (χ0v) is 25.7. The zero-order chi connectivity index (χ0) is 32.7. The Balaban J connectivity index is 0.00000576. The molecule has 1 aromatic heterocycles. The van der Waals surface area contributed by atoms with Crippen molar-refractivity contribution >= 4 is 47.4 Å². The van der Waals surface area contributed by atoms with Gasteiger partial charge in [-0.15, -0.1) is 0 Å². The van der Waals surface area contributed by atoms with Crippen molar-refractivity contribution in [1.82, 2.24) is 4.57 Å². The zero-order valence-electron chi connectivity index (χ0n) is 25.7. The van der Waals surface area contributed by atoms with E-state index in [0.29, 0.717) is 45.1 Å². The summed E-state index contributed by atoms with van der Waals surface area (Å²) in [5.74, 6) is -0.826. The molecule has 0 fully saturated rings. The summed E-state index contributed by atoms with van der Waals surface area (Å²) < 4.78 is 27.1. The third kappa shape index (κ3) is 8.54. The number of carboxylic acid groups (broad SMARTS) is 1. The number of para-hydroxylation sites is 1. The number of benzene rings is 3. The molecule has 4 rings (SSSR count). The minimum atomic E-state index is -1.24. The molecule has 0 aliphatic carbocycles. The molecule has 1 heterocycles. The van der Waals surface area contributed by atoms with Gasteiger partial charge in [0.25, 0.3) is 0 Å². The average Bonchev–Trinajstić information content (AvgIpc) is 3.35. The molecular weight excluding hydrogens is 600 g/mol. The van der Waals surface area contributed by atoms with Crippen LogP contribution >= 0.6 is 0 Å². The summed E-state index contributed by atoms with van der Waals surface area (Å²) in [5, 5.41) is 29.8. The number of halogens is 1. The molecule has 46 heavy (non-hydrogen) atoms. The number of rotatable bonds is 14.